The second-order valence-corrected chi connectivity index (χ2v) is 6.26. The zero-order chi connectivity index (χ0) is 14.4. The van der Waals surface area contributed by atoms with Crippen LogP contribution < -0.4 is 5.43 Å². The molecule has 108 valence electrons. The van der Waals surface area contributed by atoms with Crippen molar-refractivity contribution in [2.45, 2.75) is 38.6 Å². The molecule has 0 aromatic carbocycles. The quantitative estimate of drug-likeness (QED) is 0.740. The molecule has 1 aliphatic rings. The molecule has 4 rings (SSSR count). The van der Waals surface area contributed by atoms with Crippen LogP contribution in [0.4, 0.5) is 0 Å². The Hall–Kier alpha value is -2.10. The molecule has 1 N–H and O–H groups in total. The lowest BCUT2D eigenvalue weighted by molar-refractivity contribution is 0.294. The summed E-state index contributed by atoms with van der Waals surface area (Å²) < 4.78 is 2.31. The van der Waals surface area contributed by atoms with Crippen molar-refractivity contribution >= 4 is 21.9 Å². The van der Waals surface area contributed by atoms with E-state index >= 15 is 0 Å². The Morgan fingerprint density at radius 2 is 2.00 bits per heavy atom. The van der Waals surface area contributed by atoms with Crippen molar-refractivity contribution in [2.75, 3.05) is 0 Å². The summed E-state index contributed by atoms with van der Waals surface area (Å²) in [5, 5.41) is 1.77. The van der Waals surface area contributed by atoms with Gasteiger partial charge < -0.3 is 9.55 Å². The number of rotatable bonds is 1. The lowest BCUT2D eigenvalue weighted by Gasteiger charge is -2.29. The van der Waals surface area contributed by atoms with Gasteiger partial charge in [-0.1, -0.05) is 6.92 Å². The first-order valence-corrected chi connectivity index (χ1v) is 7.71. The largest absolute Gasteiger partial charge is 0.346 e. The van der Waals surface area contributed by atoms with E-state index < -0.39 is 0 Å². The molecule has 0 atom stereocenters. The first-order chi connectivity index (χ1) is 10.2. The predicted octanol–water partition coefficient (Wildman–Crippen LogP) is 3.63. The van der Waals surface area contributed by atoms with Crippen LogP contribution >= 0.6 is 0 Å². The minimum absolute atomic E-state index is 0.0565. The summed E-state index contributed by atoms with van der Waals surface area (Å²) in [6.45, 7) is 2.33. The van der Waals surface area contributed by atoms with Crippen LogP contribution in [-0.2, 0) is 0 Å². The Balaban J connectivity index is 1.98. The van der Waals surface area contributed by atoms with Crippen LogP contribution in [0.3, 0.4) is 0 Å². The number of hydrogen-bond acceptors (Lipinski definition) is 2. The van der Waals surface area contributed by atoms with E-state index in [4.69, 9.17) is 0 Å². The zero-order valence-electron chi connectivity index (χ0n) is 12.2. The molecule has 0 aliphatic heterocycles. The van der Waals surface area contributed by atoms with Crippen molar-refractivity contribution in [1.82, 2.24) is 14.5 Å². The Morgan fingerprint density at radius 3 is 2.81 bits per heavy atom. The lowest BCUT2D eigenvalue weighted by atomic mass is 9.87. The van der Waals surface area contributed by atoms with Crippen molar-refractivity contribution < 1.29 is 0 Å². The SMILES string of the molecule is CC1CCC(n2ccc(=O)c3cnc4[nH]ccc4c32)CC1. The van der Waals surface area contributed by atoms with Gasteiger partial charge in [-0.15, -0.1) is 0 Å². The molecule has 3 heterocycles. The molecule has 3 aromatic rings. The Morgan fingerprint density at radius 1 is 1.19 bits per heavy atom. The van der Waals surface area contributed by atoms with Crippen LogP contribution in [0.15, 0.2) is 35.5 Å². The van der Waals surface area contributed by atoms with Crippen LogP contribution in [0.2, 0.25) is 0 Å². The fourth-order valence-electron chi connectivity index (χ4n) is 3.59. The summed E-state index contributed by atoms with van der Waals surface area (Å²) in [5.41, 5.74) is 1.94. The summed E-state index contributed by atoms with van der Waals surface area (Å²) in [4.78, 5) is 19.7. The maximum atomic E-state index is 12.2. The molecule has 4 heteroatoms. The highest BCUT2D eigenvalue weighted by molar-refractivity contribution is 6.02. The van der Waals surface area contributed by atoms with Gasteiger partial charge in [0, 0.05) is 36.1 Å². The van der Waals surface area contributed by atoms with E-state index in [-0.39, 0.29) is 5.43 Å². The third kappa shape index (κ3) is 1.97. The van der Waals surface area contributed by atoms with Crippen LogP contribution in [0, 0.1) is 5.92 Å². The Labute approximate surface area is 122 Å². The predicted molar refractivity (Wildman–Crippen MR) is 84.5 cm³/mol. The monoisotopic (exact) mass is 281 g/mol. The van der Waals surface area contributed by atoms with Gasteiger partial charge in [-0.05, 0) is 37.7 Å². The highest BCUT2D eigenvalue weighted by Gasteiger charge is 2.21. The summed E-state index contributed by atoms with van der Waals surface area (Å²) in [6, 6.07) is 4.19. The maximum absolute atomic E-state index is 12.2. The third-order valence-electron chi connectivity index (χ3n) is 4.85. The van der Waals surface area contributed by atoms with E-state index in [0.717, 1.165) is 27.9 Å². The lowest BCUT2D eigenvalue weighted by Crippen LogP contribution is -2.19. The molecule has 4 nitrogen and oxygen atoms in total. The molecule has 21 heavy (non-hydrogen) atoms. The molecule has 0 saturated heterocycles. The number of nitrogens with zero attached hydrogens (tertiary/aromatic N) is 2. The van der Waals surface area contributed by atoms with Crippen molar-refractivity contribution in [3.8, 4) is 0 Å². The van der Waals surface area contributed by atoms with E-state index in [1.807, 2.05) is 18.5 Å². The summed E-state index contributed by atoms with van der Waals surface area (Å²) in [6.07, 6.45) is 10.5. The van der Waals surface area contributed by atoms with E-state index in [0.29, 0.717) is 6.04 Å². The van der Waals surface area contributed by atoms with E-state index in [1.54, 1.807) is 12.3 Å². The second kappa shape index (κ2) is 4.72. The molecule has 0 bridgehead atoms. The van der Waals surface area contributed by atoms with Crippen molar-refractivity contribution in [1.29, 1.82) is 0 Å². The van der Waals surface area contributed by atoms with Gasteiger partial charge in [-0.3, -0.25) is 4.79 Å². The molecular weight excluding hydrogens is 262 g/mol. The minimum atomic E-state index is 0.0565. The fraction of sp³-hybridized carbons (Fsp3) is 0.412. The van der Waals surface area contributed by atoms with Gasteiger partial charge in [0.25, 0.3) is 0 Å². The maximum Gasteiger partial charge on any atom is 0.190 e. The van der Waals surface area contributed by atoms with Crippen molar-refractivity contribution in [3.63, 3.8) is 0 Å². The van der Waals surface area contributed by atoms with Crippen LogP contribution in [0.25, 0.3) is 21.9 Å². The summed E-state index contributed by atoms with van der Waals surface area (Å²) >= 11 is 0. The first kappa shape index (κ1) is 12.6. The number of fused-ring (bicyclic) bond motifs is 3. The average molecular weight is 281 g/mol. The fourth-order valence-corrected chi connectivity index (χ4v) is 3.59. The van der Waals surface area contributed by atoms with Crippen molar-refractivity contribution in [2.24, 2.45) is 5.92 Å². The number of hydrogen-bond donors (Lipinski definition) is 1. The van der Waals surface area contributed by atoms with E-state index in [9.17, 15) is 4.79 Å². The van der Waals surface area contributed by atoms with Gasteiger partial charge in [-0.2, -0.15) is 0 Å². The number of pyridine rings is 2. The van der Waals surface area contributed by atoms with Crippen LogP contribution in [0.1, 0.15) is 38.6 Å². The smallest absolute Gasteiger partial charge is 0.190 e. The number of nitrogens with one attached hydrogen (secondary N) is 1. The number of aromatic nitrogens is 3. The molecular formula is C17H19N3O. The Bertz CT molecular complexity index is 853. The normalized spacial score (nSPS) is 22.9. The van der Waals surface area contributed by atoms with Gasteiger partial charge in [-0.25, -0.2) is 4.98 Å². The van der Waals surface area contributed by atoms with Gasteiger partial charge >= 0.3 is 0 Å². The summed E-state index contributed by atoms with van der Waals surface area (Å²) in [5.74, 6) is 0.820. The molecule has 1 aliphatic carbocycles. The standard InChI is InChI=1S/C17H19N3O/c1-11-2-4-12(5-3-11)20-9-7-15(21)14-10-19-17-13(16(14)20)6-8-18-17/h6-12H,2-5H2,1H3,(H,18,19). The second-order valence-electron chi connectivity index (χ2n) is 6.26. The van der Waals surface area contributed by atoms with Crippen molar-refractivity contribution in [3.05, 3.63) is 40.9 Å². The highest BCUT2D eigenvalue weighted by atomic mass is 16.1. The number of H-pyrrole nitrogens is 1. The zero-order valence-corrected chi connectivity index (χ0v) is 12.2. The highest BCUT2D eigenvalue weighted by Crippen LogP contribution is 2.34. The van der Waals surface area contributed by atoms with Gasteiger partial charge in [0.1, 0.15) is 5.65 Å². The van der Waals surface area contributed by atoms with Gasteiger partial charge in [0.05, 0.1) is 10.9 Å². The molecule has 0 radical (unpaired) electrons. The van der Waals surface area contributed by atoms with Crippen LogP contribution in [0.5, 0.6) is 0 Å². The summed E-state index contributed by atoms with van der Waals surface area (Å²) in [7, 11) is 0. The molecule has 0 amide bonds. The molecule has 0 unspecified atom stereocenters. The molecule has 1 fully saturated rings. The minimum Gasteiger partial charge on any atom is -0.346 e. The van der Waals surface area contributed by atoms with Crippen LogP contribution in [-0.4, -0.2) is 14.5 Å². The first-order valence-electron chi connectivity index (χ1n) is 7.71. The molecule has 3 aromatic heterocycles. The van der Waals surface area contributed by atoms with E-state index in [1.165, 1.54) is 25.7 Å². The average Bonchev–Trinajstić information content (AvgIpc) is 2.97. The van der Waals surface area contributed by atoms with Gasteiger partial charge in [0.2, 0.25) is 0 Å². The topological polar surface area (TPSA) is 50.7 Å². The number of aromatic amines is 1. The molecule has 1 saturated carbocycles. The van der Waals surface area contributed by atoms with E-state index in [2.05, 4.69) is 21.5 Å². The third-order valence-corrected chi connectivity index (χ3v) is 4.85. The Kier molecular flexibility index (Phi) is 2.84. The molecule has 0 spiro atoms. The van der Waals surface area contributed by atoms with Gasteiger partial charge in [0.15, 0.2) is 5.43 Å².